The number of nitrogens with one attached hydrogen (secondary N) is 1. The molecule has 0 bridgehead atoms. The maximum absolute atomic E-state index is 4.41. The summed E-state index contributed by atoms with van der Waals surface area (Å²) in [6.07, 6.45) is 7.83. The number of nitrogens with zero attached hydrogens (tertiary/aromatic N) is 2. The molecule has 1 aliphatic heterocycles. The van der Waals surface area contributed by atoms with Crippen molar-refractivity contribution < 1.29 is 0 Å². The van der Waals surface area contributed by atoms with Crippen LogP contribution >= 0.6 is 11.8 Å². The van der Waals surface area contributed by atoms with Crippen LogP contribution in [0, 0.1) is 0 Å². The summed E-state index contributed by atoms with van der Waals surface area (Å²) in [5, 5.41) is 3.62. The van der Waals surface area contributed by atoms with Crippen molar-refractivity contribution in [3.8, 4) is 0 Å². The molecule has 1 fully saturated rings. The van der Waals surface area contributed by atoms with E-state index in [0.717, 1.165) is 13.1 Å². The van der Waals surface area contributed by atoms with E-state index in [1.54, 1.807) is 0 Å². The molecular formula is C12H21N3S. The summed E-state index contributed by atoms with van der Waals surface area (Å²) in [6.45, 7) is 4.20. The van der Waals surface area contributed by atoms with Gasteiger partial charge in [-0.25, -0.2) is 4.98 Å². The fourth-order valence-electron chi connectivity index (χ4n) is 2.09. The number of hydrogen-bond donors (Lipinski definition) is 1. The third-order valence-corrected chi connectivity index (χ3v) is 4.19. The molecule has 90 valence electrons. The van der Waals surface area contributed by atoms with Crippen molar-refractivity contribution in [2.75, 3.05) is 11.5 Å². The third kappa shape index (κ3) is 3.25. The Bertz CT molecular complexity index is 305. The number of aryl methyl sites for hydroxylation is 1. The Morgan fingerprint density at radius 2 is 2.56 bits per heavy atom. The molecule has 1 saturated heterocycles. The highest BCUT2D eigenvalue weighted by molar-refractivity contribution is 7.99. The third-order valence-electron chi connectivity index (χ3n) is 2.98. The van der Waals surface area contributed by atoms with Crippen molar-refractivity contribution in [3.05, 3.63) is 18.2 Å². The first-order valence-corrected chi connectivity index (χ1v) is 7.36. The summed E-state index contributed by atoms with van der Waals surface area (Å²) >= 11 is 2.06. The van der Waals surface area contributed by atoms with Crippen molar-refractivity contribution in [1.29, 1.82) is 0 Å². The zero-order chi connectivity index (χ0) is 11.2. The number of hydrogen-bond acceptors (Lipinski definition) is 3. The van der Waals surface area contributed by atoms with E-state index in [1.165, 1.54) is 36.6 Å². The van der Waals surface area contributed by atoms with Crippen molar-refractivity contribution in [1.82, 2.24) is 14.9 Å². The van der Waals surface area contributed by atoms with E-state index in [2.05, 4.69) is 39.8 Å². The summed E-state index contributed by atoms with van der Waals surface area (Å²) in [7, 11) is 0. The minimum atomic E-state index is 0.686. The minimum Gasteiger partial charge on any atom is -0.334 e. The highest BCUT2D eigenvalue weighted by atomic mass is 32.2. The summed E-state index contributed by atoms with van der Waals surface area (Å²) in [5.74, 6) is 3.77. The summed E-state index contributed by atoms with van der Waals surface area (Å²) in [5.41, 5.74) is 0. The van der Waals surface area contributed by atoms with Gasteiger partial charge in [0.1, 0.15) is 5.82 Å². The Kier molecular flexibility index (Phi) is 4.72. The van der Waals surface area contributed by atoms with Gasteiger partial charge in [0, 0.05) is 30.7 Å². The Hall–Kier alpha value is -0.480. The molecule has 2 rings (SSSR count). The molecule has 0 radical (unpaired) electrons. The molecule has 3 nitrogen and oxygen atoms in total. The van der Waals surface area contributed by atoms with Crippen molar-refractivity contribution >= 4 is 11.8 Å². The Balaban J connectivity index is 1.81. The molecule has 4 heteroatoms. The van der Waals surface area contributed by atoms with Gasteiger partial charge < -0.3 is 9.88 Å². The minimum absolute atomic E-state index is 0.686. The largest absolute Gasteiger partial charge is 0.334 e. The van der Waals surface area contributed by atoms with Crippen LogP contribution in [0.1, 0.15) is 32.0 Å². The molecule has 2 heterocycles. The lowest BCUT2D eigenvalue weighted by molar-refractivity contribution is 0.486. The lowest BCUT2D eigenvalue weighted by atomic mass is 10.2. The number of imidazole rings is 1. The molecule has 1 aliphatic rings. The topological polar surface area (TPSA) is 29.9 Å². The zero-order valence-corrected chi connectivity index (χ0v) is 10.8. The lowest BCUT2D eigenvalue weighted by Gasteiger charge is -2.22. The van der Waals surface area contributed by atoms with Crippen LogP contribution in [0.15, 0.2) is 12.4 Å². The first-order valence-electron chi connectivity index (χ1n) is 6.21. The second-order valence-electron chi connectivity index (χ2n) is 4.33. The molecule has 16 heavy (non-hydrogen) atoms. The predicted octanol–water partition coefficient (Wildman–Crippen LogP) is 2.28. The molecule has 0 spiro atoms. The van der Waals surface area contributed by atoms with Crippen LogP contribution in [0.5, 0.6) is 0 Å². The van der Waals surface area contributed by atoms with Gasteiger partial charge in [0.25, 0.3) is 0 Å². The van der Waals surface area contributed by atoms with Gasteiger partial charge in [0.2, 0.25) is 0 Å². The molecule has 0 amide bonds. The van der Waals surface area contributed by atoms with Crippen LogP contribution < -0.4 is 5.32 Å². The van der Waals surface area contributed by atoms with Gasteiger partial charge in [-0.1, -0.05) is 6.92 Å². The highest BCUT2D eigenvalue weighted by Crippen LogP contribution is 2.17. The molecule has 0 aliphatic carbocycles. The van der Waals surface area contributed by atoms with Gasteiger partial charge in [-0.2, -0.15) is 11.8 Å². The van der Waals surface area contributed by atoms with Crippen molar-refractivity contribution in [2.45, 2.75) is 45.3 Å². The average molecular weight is 239 g/mol. The number of thioether (sulfide) groups is 1. The highest BCUT2D eigenvalue weighted by Gasteiger charge is 2.13. The van der Waals surface area contributed by atoms with Crippen LogP contribution in [-0.4, -0.2) is 27.1 Å². The molecule has 1 N–H and O–H groups in total. The fraction of sp³-hybridized carbons (Fsp3) is 0.750. The van der Waals surface area contributed by atoms with Crippen LogP contribution in [0.2, 0.25) is 0 Å². The van der Waals surface area contributed by atoms with Gasteiger partial charge in [-0.05, 0) is 25.0 Å². The second kappa shape index (κ2) is 6.30. The first kappa shape index (κ1) is 12.0. The maximum Gasteiger partial charge on any atom is 0.122 e. The summed E-state index contributed by atoms with van der Waals surface area (Å²) < 4.78 is 2.25. The number of aromatic nitrogens is 2. The van der Waals surface area contributed by atoms with Gasteiger partial charge >= 0.3 is 0 Å². The molecule has 1 aromatic rings. The van der Waals surface area contributed by atoms with Gasteiger partial charge in [-0.3, -0.25) is 0 Å². The van der Waals surface area contributed by atoms with E-state index in [9.17, 15) is 0 Å². The van der Waals surface area contributed by atoms with Gasteiger partial charge in [0.05, 0.1) is 6.54 Å². The first-order chi connectivity index (χ1) is 7.90. The van der Waals surface area contributed by atoms with E-state index in [1.807, 2.05) is 6.20 Å². The monoisotopic (exact) mass is 239 g/mol. The summed E-state index contributed by atoms with van der Waals surface area (Å²) in [6, 6.07) is 0.686. The molecule has 1 atom stereocenters. The van der Waals surface area contributed by atoms with Crippen molar-refractivity contribution in [2.24, 2.45) is 0 Å². The Morgan fingerprint density at radius 3 is 3.31 bits per heavy atom. The van der Waals surface area contributed by atoms with E-state index >= 15 is 0 Å². The Labute approximate surface area is 102 Å². The van der Waals surface area contributed by atoms with Crippen molar-refractivity contribution in [3.63, 3.8) is 0 Å². The zero-order valence-electron chi connectivity index (χ0n) is 9.98. The molecular weight excluding hydrogens is 218 g/mol. The average Bonchev–Trinajstić information content (AvgIpc) is 2.76. The van der Waals surface area contributed by atoms with Gasteiger partial charge in [0.15, 0.2) is 0 Å². The van der Waals surface area contributed by atoms with Crippen LogP contribution in [0.4, 0.5) is 0 Å². The van der Waals surface area contributed by atoms with E-state index < -0.39 is 0 Å². The van der Waals surface area contributed by atoms with E-state index in [4.69, 9.17) is 0 Å². The SMILES string of the molecule is CCCn1ccnc1CN[C@@H]1CCCSC1. The fourth-order valence-corrected chi connectivity index (χ4v) is 3.20. The second-order valence-corrected chi connectivity index (χ2v) is 5.48. The standard InChI is InChI=1S/C12H21N3S/c1-2-6-15-7-5-13-12(15)9-14-11-4-3-8-16-10-11/h5,7,11,14H,2-4,6,8-10H2,1H3/t11-/m1/s1. The molecule has 0 unspecified atom stereocenters. The Morgan fingerprint density at radius 1 is 1.62 bits per heavy atom. The smallest absolute Gasteiger partial charge is 0.122 e. The number of rotatable bonds is 5. The van der Waals surface area contributed by atoms with Crippen LogP contribution in [0.25, 0.3) is 0 Å². The lowest BCUT2D eigenvalue weighted by Crippen LogP contribution is -2.34. The van der Waals surface area contributed by atoms with E-state index in [0.29, 0.717) is 6.04 Å². The van der Waals surface area contributed by atoms with Crippen LogP contribution in [0.3, 0.4) is 0 Å². The maximum atomic E-state index is 4.41. The van der Waals surface area contributed by atoms with Gasteiger partial charge in [-0.15, -0.1) is 0 Å². The van der Waals surface area contributed by atoms with Crippen LogP contribution in [-0.2, 0) is 13.1 Å². The molecule has 0 saturated carbocycles. The molecule has 1 aromatic heterocycles. The normalized spacial score (nSPS) is 21.2. The quantitative estimate of drug-likeness (QED) is 0.855. The summed E-state index contributed by atoms with van der Waals surface area (Å²) in [4.78, 5) is 4.41. The predicted molar refractivity (Wildman–Crippen MR) is 69.7 cm³/mol. The molecule has 0 aromatic carbocycles. The van der Waals surface area contributed by atoms with E-state index in [-0.39, 0.29) is 0 Å².